The smallest absolute Gasteiger partial charge is 0.328 e. The maximum absolute atomic E-state index is 11.4. The molecule has 0 saturated carbocycles. The number of rotatable bonds is 2. The van der Waals surface area contributed by atoms with Crippen LogP contribution in [0, 0.1) is 6.92 Å². The van der Waals surface area contributed by atoms with Crippen LogP contribution >= 0.6 is 0 Å². The predicted octanol–water partition coefficient (Wildman–Crippen LogP) is -0.669. The standard InChI is InChI=1S/C6H7N7O2/c1-2-8-6(15-13-2)10-4(14)3-9-5(7)12-11-3/h1H3,(H3,7,9,11,12)(H,8,10,13,14). The molecule has 0 saturated heterocycles. The summed E-state index contributed by atoms with van der Waals surface area (Å²) in [6, 6.07) is -0.00697. The van der Waals surface area contributed by atoms with Gasteiger partial charge in [0.2, 0.25) is 11.8 Å². The summed E-state index contributed by atoms with van der Waals surface area (Å²) in [5.41, 5.74) is 5.23. The molecule has 0 fully saturated rings. The summed E-state index contributed by atoms with van der Waals surface area (Å²) >= 11 is 0. The Morgan fingerprint density at radius 1 is 1.53 bits per heavy atom. The first kappa shape index (κ1) is 9.12. The molecule has 0 aliphatic carbocycles. The number of carbonyl (C=O) groups is 1. The van der Waals surface area contributed by atoms with Gasteiger partial charge in [-0.2, -0.15) is 9.97 Å². The predicted molar refractivity (Wildman–Crippen MR) is 47.8 cm³/mol. The number of nitrogens with one attached hydrogen (secondary N) is 2. The molecule has 78 valence electrons. The van der Waals surface area contributed by atoms with Crippen molar-refractivity contribution < 1.29 is 9.32 Å². The number of H-pyrrole nitrogens is 1. The Bertz CT molecular complexity index is 487. The number of nitrogens with zero attached hydrogens (tertiary/aromatic N) is 4. The summed E-state index contributed by atoms with van der Waals surface area (Å²) < 4.78 is 4.68. The second-order valence-electron chi connectivity index (χ2n) is 2.64. The fourth-order valence-corrected chi connectivity index (χ4v) is 0.880. The molecule has 0 bridgehead atoms. The molecule has 9 nitrogen and oxygen atoms in total. The van der Waals surface area contributed by atoms with Crippen molar-refractivity contribution in [3.8, 4) is 0 Å². The van der Waals surface area contributed by atoms with Crippen molar-refractivity contribution in [2.75, 3.05) is 11.1 Å². The van der Waals surface area contributed by atoms with Crippen LogP contribution in [0.1, 0.15) is 16.4 Å². The largest absolute Gasteiger partial charge is 0.366 e. The highest BCUT2D eigenvalue weighted by Crippen LogP contribution is 2.04. The fourth-order valence-electron chi connectivity index (χ4n) is 0.880. The van der Waals surface area contributed by atoms with Crippen molar-refractivity contribution in [3.63, 3.8) is 0 Å². The van der Waals surface area contributed by atoms with Gasteiger partial charge in [-0.1, -0.05) is 5.16 Å². The zero-order chi connectivity index (χ0) is 10.8. The summed E-state index contributed by atoms with van der Waals surface area (Å²) in [6.07, 6.45) is 0. The molecule has 15 heavy (non-hydrogen) atoms. The lowest BCUT2D eigenvalue weighted by Gasteiger charge is -1.93. The lowest BCUT2D eigenvalue weighted by molar-refractivity contribution is 0.101. The third-order valence-electron chi connectivity index (χ3n) is 1.47. The third-order valence-corrected chi connectivity index (χ3v) is 1.47. The summed E-state index contributed by atoms with van der Waals surface area (Å²) in [6.45, 7) is 1.63. The van der Waals surface area contributed by atoms with E-state index in [0.29, 0.717) is 5.82 Å². The first-order valence-corrected chi connectivity index (χ1v) is 3.94. The van der Waals surface area contributed by atoms with Gasteiger partial charge in [0.25, 0.3) is 5.91 Å². The number of aromatic amines is 1. The van der Waals surface area contributed by atoms with Crippen LogP contribution < -0.4 is 11.1 Å². The molecule has 0 unspecified atom stereocenters. The molecule has 2 aromatic heterocycles. The van der Waals surface area contributed by atoms with Gasteiger partial charge in [-0.15, -0.1) is 5.10 Å². The first-order valence-electron chi connectivity index (χ1n) is 3.94. The minimum Gasteiger partial charge on any atom is -0.366 e. The average Bonchev–Trinajstić information content (AvgIpc) is 2.75. The van der Waals surface area contributed by atoms with Crippen LogP contribution in [0.15, 0.2) is 4.52 Å². The molecule has 9 heteroatoms. The number of carbonyl (C=O) groups excluding carboxylic acids is 1. The molecule has 0 aliphatic heterocycles. The van der Waals surface area contributed by atoms with Crippen LogP contribution in [0.4, 0.5) is 12.0 Å². The Kier molecular flexibility index (Phi) is 2.04. The van der Waals surface area contributed by atoms with E-state index in [4.69, 9.17) is 5.73 Å². The number of amides is 1. The molecule has 0 aliphatic rings. The van der Waals surface area contributed by atoms with Crippen LogP contribution in [0.25, 0.3) is 0 Å². The first-order chi connectivity index (χ1) is 7.15. The van der Waals surface area contributed by atoms with Gasteiger partial charge in [-0.25, -0.2) is 0 Å². The van der Waals surface area contributed by atoms with Crippen molar-refractivity contribution in [2.45, 2.75) is 6.92 Å². The second kappa shape index (κ2) is 3.36. The lowest BCUT2D eigenvalue weighted by Crippen LogP contribution is -2.14. The Morgan fingerprint density at radius 3 is 2.87 bits per heavy atom. The number of aryl methyl sites for hydroxylation is 1. The third kappa shape index (κ3) is 1.90. The summed E-state index contributed by atoms with van der Waals surface area (Å²) in [4.78, 5) is 18.8. The van der Waals surface area contributed by atoms with Crippen LogP contribution in [0.3, 0.4) is 0 Å². The van der Waals surface area contributed by atoms with E-state index in [1.54, 1.807) is 6.92 Å². The fraction of sp³-hybridized carbons (Fsp3) is 0.167. The minimum atomic E-state index is -0.553. The van der Waals surface area contributed by atoms with E-state index >= 15 is 0 Å². The Balaban J connectivity index is 2.10. The highest BCUT2D eigenvalue weighted by Gasteiger charge is 2.13. The van der Waals surface area contributed by atoms with Gasteiger partial charge in [-0.05, 0) is 6.92 Å². The van der Waals surface area contributed by atoms with Crippen molar-refractivity contribution >= 4 is 17.9 Å². The number of anilines is 2. The normalized spacial score (nSPS) is 10.2. The zero-order valence-corrected chi connectivity index (χ0v) is 7.68. The van der Waals surface area contributed by atoms with E-state index in [0.717, 1.165) is 0 Å². The quantitative estimate of drug-likeness (QED) is 0.596. The van der Waals surface area contributed by atoms with E-state index in [9.17, 15) is 4.79 Å². The Hall–Kier alpha value is -2.45. The Morgan fingerprint density at radius 2 is 2.33 bits per heavy atom. The highest BCUT2D eigenvalue weighted by molar-refractivity contribution is 6.00. The molecule has 2 aromatic rings. The van der Waals surface area contributed by atoms with Crippen LogP contribution in [0.5, 0.6) is 0 Å². The topological polar surface area (TPSA) is 136 Å². The van der Waals surface area contributed by atoms with Crippen molar-refractivity contribution in [1.29, 1.82) is 0 Å². The average molecular weight is 209 g/mol. The SMILES string of the molecule is Cc1noc(NC(=O)c2nc(N)n[nH]2)n1. The number of aromatic nitrogens is 5. The Labute approximate surface area is 83.1 Å². The maximum Gasteiger partial charge on any atom is 0.328 e. The molecule has 1 amide bonds. The van der Waals surface area contributed by atoms with Crippen molar-refractivity contribution in [1.82, 2.24) is 25.3 Å². The van der Waals surface area contributed by atoms with Crippen LogP contribution in [-0.2, 0) is 0 Å². The van der Waals surface area contributed by atoms with Crippen LogP contribution in [-0.4, -0.2) is 31.2 Å². The monoisotopic (exact) mass is 209 g/mol. The number of nitrogen functional groups attached to an aromatic ring is 1. The minimum absolute atomic E-state index is 0.00697. The van der Waals surface area contributed by atoms with Crippen molar-refractivity contribution in [3.05, 3.63) is 11.6 Å². The highest BCUT2D eigenvalue weighted by atomic mass is 16.5. The summed E-state index contributed by atoms with van der Waals surface area (Å²) in [5.74, 6) is -0.171. The molecule has 0 radical (unpaired) electrons. The van der Waals surface area contributed by atoms with Gasteiger partial charge in [0.1, 0.15) is 0 Å². The summed E-state index contributed by atoms with van der Waals surface area (Å²) in [7, 11) is 0. The van der Waals surface area contributed by atoms with E-state index in [-0.39, 0.29) is 17.8 Å². The number of nitrogens with two attached hydrogens (primary N) is 1. The van der Waals surface area contributed by atoms with Gasteiger partial charge in [-0.3, -0.25) is 15.2 Å². The number of hydrogen-bond acceptors (Lipinski definition) is 7. The second-order valence-corrected chi connectivity index (χ2v) is 2.64. The molecular weight excluding hydrogens is 202 g/mol. The molecule has 0 aromatic carbocycles. The molecule has 4 N–H and O–H groups in total. The lowest BCUT2D eigenvalue weighted by atomic mass is 10.6. The van der Waals surface area contributed by atoms with E-state index in [2.05, 4.69) is 35.2 Å². The van der Waals surface area contributed by atoms with Gasteiger partial charge in [0.15, 0.2) is 5.82 Å². The van der Waals surface area contributed by atoms with Gasteiger partial charge < -0.3 is 10.3 Å². The van der Waals surface area contributed by atoms with E-state index in [1.807, 2.05) is 0 Å². The zero-order valence-electron chi connectivity index (χ0n) is 7.68. The van der Waals surface area contributed by atoms with Gasteiger partial charge in [0.05, 0.1) is 0 Å². The summed E-state index contributed by atoms with van der Waals surface area (Å²) in [5, 5.41) is 11.7. The van der Waals surface area contributed by atoms with Gasteiger partial charge in [0, 0.05) is 0 Å². The number of hydrogen-bond donors (Lipinski definition) is 3. The van der Waals surface area contributed by atoms with E-state index in [1.165, 1.54) is 0 Å². The maximum atomic E-state index is 11.4. The molecule has 2 rings (SSSR count). The van der Waals surface area contributed by atoms with Crippen molar-refractivity contribution in [2.24, 2.45) is 0 Å². The molecule has 0 spiro atoms. The molecular formula is C6H7N7O2. The molecule has 0 atom stereocenters. The van der Waals surface area contributed by atoms with E-state index < -0.39 is 5.91 Å². The van der Waals surface area contributed by atoms with Crippen LogP contribution in [0.2, 0.25) is 0 Å². The molecule has 2 heterocycles. The van der Waals surface area contributed by atoms with Gasteiger partial charge >= 0.3 is 6.01 Å².